The van der Waals surface area contributed by atoms with E-state index in [0.29, 0.717) is 13.1 Å². The van der Waals surface area contributed by atoms with Crippen molar-refractivity contribution in [2.75, 3.05) is 22.9 Å². The summed E-state index contributed by atoms with van der Waals surface area (Å²) >= 11 is 0. The Morgan fingerprint density at radius 3 is 2.42 bits per heavy atom. The van der Waals surface area contributed by atoms with Gasteiger partial charge in [-0.25, -0.2) is 0 Å². The van der Waals surface area contributed by atoms with Crippen LogP contribution in [0.2, 0.25) is 0 Å². The van der Waals surface area contributed by atoms with E-state index in [-0.39, 0.29) is 11.8 Å². The van der Waals surface area contributed by atoms with E-state index in [2.05, 4.69) is 0 Å². The largest absolute Gasteiger partial charge is 0.312 e. The number of hydrogen-bond donors (Lipinski definition) is 0. The van der Waals surface area contributed by atoms with Crippen LogP contribution in [-0.4, -0.2) is 25.4 Å². The second kappa shape index (κ2) is 7.13. The lowest BCUT2D eigenvalue weighted by Crippen LogP contribution is -2.36. The summed E-state index contributed by atoms with van der Waals surface area (Å²) in [4.78, 5) is 27.5. The standard InChI is InChI=1S/C20H20N2O2/c1-16-14-21(15-23)18-11-5-6-12-19(18)22(20(16)24)13-7-10-17-8-3-2-4-9-17/h2-12,15-16H,13-14H2,1H3/b10-7+. The molecule has 0 saturated carbocycles. The second-order valence-electron chi connectivity index (χ2n) is 5.91. The summed E-state index contributed by atoms with van der Waals surface area (Å²) in [6, 6.07) is 17.5. The van der Waals surface area contributed by atoms with Gasteiger partial charge in [-0.2, -0.15) is 0 Å². The minimum absolute atomic E-state index is 0.0320. The van der Waals surface area contributed by atoms with Crippen molar-refractivity contribution < 1.29 is 9.59 Å². The summed E-state index contributed by atoms with van der Waals surface area (Å²) in [5.41, 5.74) is 2.64. The molecule has 2 aromatic rings. The molecule has 1 unspecified atom stereocenters. The molecule has 4 nitrogen and oxygen atoms in total. The van der Waals surface area contributed by atoms with Crippen LogP contribution in [0.5, 0.6) is 0 Å². The van der Waals surface area contributed by atoms with Crippen LogP contribution in [-0.2, 0) is 9.59 Å². The van der Waals surface area contributed by atoms with Gasteiger partial charge in [0, 0.05) is 13.1 Å². The van der Waals surface area contributed by atoms with E-state index in [9.17, 15) is 9.59 Å². The van der Waals surface area contributed by atoms with Crippen LogP contribution >= 0.6 is 0 Å². The smallest absolute Gasteiger partial charge is 0.231 e. The zero-order valence-corrected chi connectivity index (χ0v) is 13.6. The van der Waals surface area contributed by atoms with E-state index >= 15 is 0 Å². The van der Waals surface area contributed by atoms with Gasteiger partial charge in [0.15, 0.2) is 0 Å². The Morgan fingerprint density at radius 1 is 1.04 bits per heavy atom. The van der Waals surface area contributed by atoms with Gasteiger partial charge in [-0.05, 0) is 17.7 Å². The molecule has 1 atom stereocenters. The van der Waals surface area contributed by atoms with Gasteiger partial charge in [0.25, 0.3) is 0 Å². The summed E-state index contributed by atoms with van der Waals surface area (Å²) in [5.74, 6) is -0.211. The molecule has 2 aromatic carbocycles. The Balaban J connectivity index is 1.90. The van der Waals surface area contributed by atoms with Crippen molar-refractivity contribution in [2.45, 2.75) is 6.92 Å². The lowest BCUT2D eigenvalue weighted by atomic mass is 10.1. The van der Waals surface area contributed by atoms with Crippen LogP contribution in [0.15, 0.2) is 60.7 Å². The topological polar surface area (TPSA) is 40.6 Å². The Morgan fingerprint density at radius 2 is 1.71 bits per heavy atom. The highest BCUT2D eigenvalue weighted by atomic mass is 16.2. The van der Waals surface area contributed by atoms with Gasteiger partial charge in [0.2, 0.25) is 12.3 Å². The number of carbonyl (C=O) groups excluding carboxylic acids is 2. The van der Waals surface area contributed by atoms with Crippen LogP contribution < -0.4 is 9.80 Å². The molecule has 0 spiro atoms. The number of carbonyl (C=O) groups is 2. The third-order valence-electron chi connectivity index (χ3n) is 4.17. The highest BCUT2D eigenvalue weighted by Gasteiger charge is 2.30. The molecule has 3 rings (SSSR count). The first-order chi connectivity index (χ1) is 11.7. The van der Waals surface area contributed by atoms with E-state index in [4.69, 9.17) is 0 Å². The first-order valence-corrected chi connectivity index (χ1v) is 8.04. The molecule has 1 aliphatic rings. The Labute approximate surface area is 142 Å². The number of amides is 2. The van der Waals surface area contributed by atoms with E-state index in [1.807, 2.05) is 73.7 Å². The molecular weight excluding hydrogens is 300 g/mol. The molecule has 0 fully saturated rings. The zero-order chi connectivity index (χ0) is 16.9. The van der Waals surface area contributed by atoms with Crippen molar-refractivity contribution in [2.24, 2.45) is 5.92 Å². The molecule has 24 heavy (non-hydrogen) atoms. The molecule has 2 amide bonds. The second-order valence-corrected chi connectivity index (χ2v) is 5.91. The Hall–Kier alpha value is -2.88. The van der Waals surface area contributed by atoms with Gasteiger partial charge in [-0.3, -0.25) is 9.59 Å². The van der Waals surface area contributed by atoms with Gasteiger partial charge < -0.3 is 9.80 Å². The van der Waals surface area contributed by atoms with Crippen LogP contribution in [0.1, 0.15) is 12.5 Å². The lowest BCUT2D eigenvalue weighted by molar-refractivity contribution is -0.121. The zero-order valence-electron chi connectivity index (χ0n) is 13.6. The van der Waals surface area contributed by atoms with Crippen LogP contribution in [0, 0.1) is 5.92 Å². The maximum absolute atomic E-state index is 12.8. The van der Waals surface area contributed by atoms with E-state index in [1.54, 1.807) is 9.80 Å². The SMILES string of the molecule is CC1CN(C=O)c2ccccc2N(C/C=C/c2ccccc2)C1=O. The summed E-state index contributed by atoms with van der Waals surface area (Å²) in [5, 5.41) is 0. The maximum atomic E-state index is 12.8. The predicted octanol–water partition coefficient (Wildman–Crippen LogP) is 3.35. The quantitative estimate of drug-likeness (QED) is 0.811. The highest BCUT2D eigenvalue weighted by molar-refractivity contribution is 6.02. The molecule has 0 N–H and O–H groups in total. The molecule has 122 valence electrons. The molecule has 4 heteroatoms. The third kappa shape index (κ3) is 3.23. The number of rotatable bonds is 4. The van der Waals surface area contributed by atoms with Gasteiger partial charge >= 0.3 is 0 Å². The molecule has 0 saturated heterocycles. The molecular formula is C20H20N2O2. The first-order valence-electron chi connectivity index (χ1n) is 8.04. The van der Waals surface area contributed by atoms with Gasteiger partial charge in [-0.15, -0.1) is 0 Å². The monoisotopic (exact) mass is 320 g/mol. The number of anilines is 2. The van der Waals surface area contributed by atoms with Gasteiger partial charge in [0.05, 0.1) is 17.3 Å². The van der Waals surface area contributed by atoms with Gasteiger partial charge in [-0.1, -0.05) is 61.5 Å². The lowest BCUT2D eigenvalue weighted by Gasteiger charge is -2.23. The summed E-state index contributed by atoms with van der Waals surface area (Å²) in [6.45, 7) is 2.73. The Kier molecular flexibility index (Phi) is 4.75. The molecule has 0 aliphatic carbocycles. The number of benzene rings is 2. The van der Waals surface area contributed by atoms with Crippen LogP contribution in [0.4, 0.5) is 11.4 Å². The number of nitrogens with zero attached hydrogens (tertiary/aromatic N) is 2. The summed E-state index contributed by atoms with van der Waals surface area (Å²) in [6.07, 6.45) is 4.78. The fourth-order valence-corrected chi connectivity index (χ4v) is 2.94. The number of hydrogen-bond acceptors (Lipinski definition) is 2. The van der Waals surface area contributed by atoms with Crippen LogP contribution in [0.25, 0.3) is 6.08 Å². The van der Waals surface area contributed by atoms with Crippen molar-refractivity contribution in [3.05, 3.63) is 66.2 Å². The molecule has 1 heterocycles. The minimum Gasteiger partial charge on any atom is -0.312 e. The van der Waals surface area contributed by atoms with E-state index in [1.165, 1.54) is 0 Å². The fraction of sp³-hybridized carbons (Fsp3) is 0.200. The summed E-state index contributed by atoms with van der Waals surface area (Å²) in [7, 11) is 0. The highest BCUT2D eigenvalue weighted by Crippen LogP contribution is 2.33. The number of fused-ring (bicyclic) bond motifs is 1. The van der Waals surface area contributed by atoms with Crippen molar-refractivity contribution in [1.82, 2.24) is 0 Å². The molecule has 0 radical (unpaired) electrons. The minimum atomic E-state index is -0.243. The first kappa shape index (κ1) is 16.0. The van der Waals surface area contributed by atoms with Crippen LogP contribution in [0.3, 0.4) is 0 Å². The van der Waals surface area contributed by atoms with E-state index in [0.717, 1.165) is 23.3 Å². The average Bonchev–Trinajstić information content (AvgIpc) is 2.72. The Bertz CT molecular complexity index is 755. The van der Waals surface area contributed by atoms with E-state index < -0.39 is 0 Å². The predicted molar refractivity (Wildman–Crippen MR) is 96.8 cm³/mol. The molecule has 0 aromatic heterocycles. The summed E-state index contributed by atoms with van der Waals surface area (Å²) < 4.78 is 0. The van der Waals surface area contributed by atoms with Crippen molar-refractivity contribution in [1.29, 1.82) is 0 Å². The van der Waals surface area contributed by atoms with Crippen molar-refractivity contribution in [3.8, 4) is 0 Å². The van der Waals surface area contributed by atoms with Crippen molar-refractivity contribution >= 4 is 29.8 Å². The third-order valence-corrected chi connectivity index (χ3v) is 4.17. The fourth-order valence-electron chi connectivity index (χ4n) is 2.94. The molecule has 0 bridgehead atoms. The van der Waals surface area contributed by atoms with Gasteiger partial charge in [0.1, 0.15) is 0 Å². The average molecular weight is 320 g/mol. The molecule has 1 aliphatic heterocycles. The van der Waals surface area contributed by atoms with Crippen molar-refractivity contribution in [3.63, 3.8) is 0 Å². The normalized spacial score (nSPS) is 17.7. The number of para-hydroxylation sites is 2. The maximum Gasteiger partial charge on any atom is 0.231 e.